The standard InChI is InChI=1S/C12H27N5O2S.HI/c1-13-12(14-6-7-16-20(2,18)19)15-8-11-17-9-4-3-5-10-17;/h16H,3-11H2,1-2H3,(H2,13,14,15);1H. The summed E-state index contributed by atoms with van der Waals surface area (Å²) in [5.74, 6) is 0.706. The van der Waals surface area contributed by atoms with Gasteiger partial charge < -0.3 is 15.5 Å². The normalized spacial score (nSPS) is 17.1. The quantitative estimate of drug-likeness (QED) is 0.224. The molecule has 0 atom stereocenters. The molecular formula is C12H28IN5O2S. The zero-order valence-corrected chi connectivity index (χ0v) is 16.0. The van der Waals surface area contributed by atoms with Crippen LogP contribution in [0, 0.1) is 0 Å². The van der Waals surface area contributed by atoms with Gasteiger partial charge in [0.15, 0.2) is 5.96 Å². The van der Waals surface area contributed by atoms with Gasteiger partial charge in [-0.1, -0.05) is 6.42 Å². The molecule has 1 aliphatic rings. The van der Waals surface area contributed by atoms with Gasteiger partial charge in [-0.2, -0.15) is 0 Å². The van der Waals surface area contributed by atoms with Crippen molar-refractivity contribution in [3.8, 4) is 0 Å². The number of nitrogens with zero attached hydrogens (tertiary/aromatic N) is 2. The van der Waals surface area contributed by atoms with E-state index in [9.17, 15) is 8.42 Å². The Morgan fingerprint density at radius 3 is 2.29 bits per heavy atom. The van der Waals surface area contributed by atoms with E-state index in [0.29, 0.717) is 19.0 Å². The third kappa shape index (κ3) is 11.1. The van der Waals surface area contributed by atoms with E-state index in [1.807, 2.05) is 0 Å². The number of halogens is 1. The minimum absolute atomic E-state index is 0. The van der Waals surface area contributed by atoms with Gasteiger partial charge in [-0.15, -0.1) is 24.0 Å². The van der Waals surface area contributed by atoms with Gasteiger partial charge in [0.25, 0.3) is 0 Å². The van der Waals surface area contributed by atoms with E-state index in [0.717, 1.165) is 19.3 Å². The van der Waals surface area contributed by atoms with Crippen molar-refractivity contribution in [3.05, 3.63) is 0 Å². The number of nitrogens with one attached hydrogen (secondary N) is 3. The van der Waals surface area contributed by atoms with E-state index in [2.05, 4.69) is 25.2 Å². The van der Waals surface area contributed by atoms with E-state index in [1.165, 1.54) is 32.4 Å². The van der Waals surface area contributed by atoms with Gasteiger partial charge in [-0.05, 0) is 25.9 Å². The first-order valence-corrected chi connectivity index (χ1v) is 9.02. The van der Waals surface area contributed by atoms with Gasteiger partial charge in [0, 0.05) is 33.2 Å². The van der Waals surface area contributed by atoms with Crippen molar-refractivity contribution in [3.63, 3.8) is 0 Å². The van der Waals surface area contributed by atoms with Crippen LogP contribution in [0.4, 0.5) is 0 Å². The van der Waals surface area contributed by atoms with Crippen LogP contribution in [0.15, 0.2) is 4.99 Å². The maximum Gasteiger partial charge on any atom is 0.208 e. The molecule has 0 aliphatic carbocycles. The number of hydrogen-bond donors (Lipinski definition) is 3. The van der Waals surface area contributed by atoms with Crippen LogP contribution in [0.2, 0.25) is 0 Å². The van der Waals surface area contributed by atoms with Crippen LogP contribution in [0.25, 0.3) is 0 Å². The first kappa shape index (κ1) is 20.9. The molecule has 1 fully saturated rings. The van der Waals surface area contributed by atoms with Crippen LogP contribution in [0.3, 0.4) is 0 Å². The summed E-state index contributed by atoms with van der Waals surface area (Å²) < 4.78 is 24.2. The second-order valence-corrected chi connectivity index (χ2v) is 6.83. The average molecular weight is 433 g/mol. The molecule has 0 bridgehead atoms. The van der Waals surface area contributed by atoms with Crippen LogP contribution >= 0.6 is 24.0 Å². The second kappa shape index (κ2) is 11.4. The minimum Gasteiger partial charge on any atom is -0.355 e. The SMILES string of the molecule is CN=C(NCCNS(C)(=O)=O)NCCN1CCCCC1.I. The van der Waals surface area contributed by atoms with E-state index in [-0.39, 0.29) is 24.0 Å². The molecule has 1 aliphatic heterocycles. The van der Waals surface area contributed by atoms with E-state index in [4.69, 9.17) is 0 Å². The molecule has 0 aromatic carbocycles. The van der Waals surface area contributed by atoms with Crippen molar-refractivity contribution in [2.45, 2.75) is 19.3 Å². The fourth-order valence-electron chi connectivity index (χ4n) is 2.15. The lowest BCUT2D eigenvalue weighted by Crippen LogP contribution is -2.44. The first-order valence-electron chi connectivity index (χ1n) is 7.13. The van der Waals surface area contributed by atoms with Gasteiger partial charge in [0.1, 0.15) is 0 Å². The molecule has 1 rings (SSSR count). The molecule has 0 saturated carbocycles. The van der Waals surface area contributed by atoms with Crippen molar-refractivity contribution in [1.29, 1.82) is 0 Å². The van der Waals surface area contributed by atoms with Gasteiger partial charge in [-0.3, -0.25) is 4.99 Å². The molecule has 0 amide bonds. The Kier molecular flexibility index (Phi) is 11.4. The largest absolute Gasteiger partial charge is 0.355 e. The Hall–Kier alpha value is -0.130. The predicted molar refractivity (Wildman–Crippen MR) is 97.9 cm³/mol. The molecule has 21 heavy (non-hydrogen) atoms. The Balaban J connectivity index is 0.00000400. The summed E-state index contributed by atoms with van der Waals surface area (Å²) >= 11 is 0. The summed E-state index contributed by atoms with van der Waals surface area (Å²) in [6.07, 6.45) is 5.09. The van der Waals surface area contributed by atoms with Gasteiger partial charge in [0.2, 0.25) is 10.0 Å². The zero-order chi connectivity index (χ0) is 14.8. The Bertz CT molecular complexity index is 396. The van der Waals surface area contributed by atoms with Crippen molar-refractivity contribution in [2.24, 2.45) is 4.99 Å². The average Bonchev–Trinajstić information content (AvgIpc) is 2.41. The highest BCUT2D eigenvalue weighted by atomic mass is 127. The second-order valence-electron chi connectivity index (χ2n) is 4.99. The van der Waals surface area contributed by atoms with Crippen LogP contribution in [0.1, 0.15) is 19.3 Å². The summed E-state index contributed by atoms with van der Waals surface area (Å²) in [5.41, 5.74) is 0. The molecular weight excluding hydrogens is 405 g/mol. The highest BCUT2D eigenvalue weighted by Crippen LogP contribution is 2.07. The van der Waals surface area contributed by atoms with E-state index >= 15 is 0 Å². The third-order valence-corrected chi connectivity index (χ3v) is 3.90. The number of rotatable bonds is 7. The first-order chi connectivity index (χ1) is 9.51. The molecule has 126 valence electrons. The Labute approximate surface area is 145 Å². The molecule has 0 radical (unpaired) electrons. The number of likely N-dealkylation sites (tertiary alicyclic amines) is 1. The predicted octanol–water partition coefficient (Wildman–Crippen LogP) is -0.195. The maximum atomic E-state index is 10.9. The van der Waals surface area contributed by atoms with Crippen molar-refractivity contribution >= 4 is 40.0 Å². The lowest BCUT2D eigenvalue weighted by atomic mass is 10.1. The van der Waals surface area contributed by atoms with Crippen molar-refractivity contribution in [2.75, 3.05) is 52.6 Å². The van der Waals surface area contributed by atoms with Crippen LogP contribution in [0.5, 0.6) is 0 Å². The summed E-state index contributed by atoms with van der Waals surface area (Å²) in [7, 11) is -1.41. The smallest absolute Gasteiger partial charge is 0.208 e. The highest BCUT2D eigenvalue weighted by molar-refractivity contribution is 14.0. The van der Waals surface area contributed by atoms with Crippen LogP contribution in [-0.2, 0) is 10.0 Å². The van der Waals surface area contributed by atoms with Crippen molar-refractivity contribution in [1.82, 2.24) is 20.3 Å². The number of sulfonamides is 1. The molecule has 0 aromatic heterocycles. The molecule has 0 aromatic rings. The zero-order valence-electron chi connectivity index (χ0n) is 12.9. The van der Waals surface area contributed by atoms with Crippen LogP contribution in [-0.4, -0.2) is 71.8 Å². The molecule has 0 spiro atoms. The molecule has 7 nitrogen and oxygen atoms in total. The fourth-order valence-corrected chi connectivity index (χ4v) is 2.63. The Morgan fingerprint density at radius 1 is 1.10 bits per heavy atom. The van der Waals surface area contributed by atoms with Crippen molar-refractivity contribution < 1.29 is 8.42 Å². The Morgan fingerprint density at radius 2 is 1.71 bits per heavy atom. The molecule has 3 N–H and O–H groups in total. The lowest BCUT2D eigenvalue weighted by molar-refractivity contribution is 0.232. The minimum atomic E-state index is -3.12. The molecule has 1 saturated heterocycles. The van der Waals surface area contributed by atoms with Gasteiger partial charge in [0.05, 0.1) is 6.26 Å². The number of hydrogen-bond acceptors (Lipinski definition) is 4. The lowest BCUT2D eigenvalue weighted by Gasteiger charge is -2.26. The van der Waals surface area contributed by atoms with E-state index in [1.54, 1.807) is 7.05 Å². The molecule has 1 heterocycles. The van der Waals surface area contributed by atoms with Crippen LogP contribution < -0.4 is 15.4 Å². The summed E-state index contributed by atoms with van der Waals surface area (Å²) in [4.78, 5) is 6.56. The molecule has 9 heteroatoms. The molecule has 0 unspecified atom stereocenters. The summed E-state index contributed by atoms with van der Waals surface area (Å²) in [6.45, 7) is 5.10. The third-order valence-electron chi connectivity index (χ3n) is 3.17. The fraction of sp³-hybridized carbons (Fsp3) is 0.917. The van der Waals surface area contributed by atoms with E-state index < -0.39 is 10.0 Å². The number of piperidine rings is 1. The van der Waals surface area contributed by atoms with Gasteiger partial charge in [-0.25, -0.2) is 13.1 Å². The number of guanidine groups is 1. The highest BCUT2D eigenvalue weighted by Gasteiger charge is 2.09. The summed E-state index contributed by atoms with van der Waals surface area (Å²) in [6, 6.07) is 0. The van der Waals surface area contributed by atoms with Gasteiger partial charge >= 0.3 is 0 Å². The maximum absolute atomic E-state index is 10.9. The monoisotopic (exact) mass is 433 g/mol. The summed E-state index contributed by atoms with van der Waals surface area (Å²) in [5, 5.41) is 6.31. The number of aliphatic imine (C=N–C) groups is 1. The topological polar surface area (TPSA) is 85.8 Å².